The number of nitrogens with one attached hydrogen (secondary N) is 3. The van der Waals surface area contributed by atoms with E-state index < -0.39 is 54.0 Å². The minimum atomic E-state index is -1.31. The number of nitrogens with two attached hydrogens (primary N) is 1. The molecule has 0 aliphatic heterocycles. The first-order valence-corrected chi connectivity index (χ1v) is 10.2. The number of aliphatic hydroxyl groups excluding tert-OH is 1. The van der Waals surface area contributed by atoms with Crippen LogP contribution in [0.15, 0.2) is 0 Å². The van der Waals surface area contributed by atoms with E-state index in [0.717, 1.165) is 0 Å². The number of rotatable bonds is 12. The number of hydrogen-bond acceptors (Lipinski definition) is 8. The van der Waals surface area contributed by atoms with Gasteiger partial charge in [-0.25, -0.2) is 4.79 Å². The molecule has 0 aromatic heterocycles. The van der Waals surface area contributed by atoms with E-state index in [1.54, 1.807) is 0 Å². The van der Waals surface area contributed by atoms with Gasteiger partial charge in [-0.15, -0.1) is 0 Å². The summed E-state index contributed by atoms with van der Waals surface area (Å²) in [5.41, 5.74) is 5.73. The molecule has 3 amide bonds. The van der Waals surface area contributed by atoms with Crippen LogP contribution in [0.4, 0.5) is 0 Å². The molecule has 10 nitrogen and oxygen atoms in total. The fraction of sp³-hybridized carbons (Fsp3) is 0.733. The van der Waals surface area contributed by atoms with Crippen molar-refractivity contribution in [2.24, 2.45) is 5.73 Å². The smallest absolute Gasteiger partial charge is 0.327 e. The highest BCUT2D eigenvalue weighted by Crippen LogP contribution is 2.01. The lowest BCUT2D eigenvalue weighted by Gasteiger charge is -2.24. The molecule has 5 unspecified atom stereocenters. The number of carbonyl (C=O) groups is 4. The molecule has 0 saturated heterocycles. The average molecular weight is 425 g/mol. The number of amides is 3. The summed E-state index contributed by atoms with van der Waals surface area (Å²) in [6, 6.07) is -4.45. The van der Waals surface area contributed by atoms with Crippen molar-refractivity contribution in [1.82, 2.24) is 16.0 Å². The summed E-state index contributed by atoms with van der Waals surface area (Å²) >= 11 is 5.35. The van der Waals surface area contributed by atoms with Gasteiger partial charge >= 0.3 is 5.97 Å². The van der Waals surface area contributed by atoms with Crippen molar-refractivity contribution < 1.29 is 29.4 Å². The lowest BCUT2D eigenvalue weighted by Crippen LogP contribution is -2.59. The summed E-state index contributed by atoms with van der Waals surface area (Å²) < 4.78 is 0. The van der Waals surface area contributed by atoms with E-state index in [1.165, 1.54) is 25.6 Å². The van der Waals surface area contributed by atoms with Gasteiger partial charge in [0.25, 0.3) is 0 Å². The van der Waals surface area contributed by atoms with Crippen LogP contribution < -0.4 is 21.7 Å². The number of thioether (sulfide) groups is 1. The minimum absolute atomic E-state index is 0.123. The molecule has 12 heteroatoms. The third-order valence-electron chi connectivity index (χ3n) is 3.58. The van der Waals surface area contributed by atoms with E-state index in [2.05, 4.69) is 28.6 Å². The third kappa shape index (κ3) is 9.31. The molecule has 0 fully saturated rings. The van der Waals surface area contributed by atoms with Gasteiger partial charge in [-0.2, -0.15) is 24.4 Å². The molecule has 0 aliphatic carbocycles. The van der Waals surface area contributed by atoms with Crippen LogP contribution in [0.2, 0.25) is 0 Å². The highest BCUT2D eigenvalue weighted by molar-refractivity contribution is 7.98. The molecule has 0 heterocycles. The van der Waals surface area contributed by atoms with Gasteiger partial charge in [-0.3, -0.25) is 14.4 Å². The van der Waals surface area contributed by atoms with Crippen molar-refractivity contribution in [2.45, 2.75) is 50.5 Å². The van der Waals surface area contributed by atoms with Crippen molar-refractivity contribution >= 4 is 48.1 Å². The zero-order valence-electron chi connectivity index (χ0n) is 15.5. The van der Waals surface area contributed by atoms with Crippen LogP contribution in [0.3, 0.4) is 0 Å². The first-order chi connectivity index (χ1) is 12.5. The standard InChI is InChI=1S/C15H28N4O6S2/c1-7(12(21)18-10(6-26)15(24)25)17-14(23)11(8(2)20)19-13(22)9(16)4-5-27-3/h7-11,20,26H,4-6,16H2,1-3H3,(H,17,23)(H,18,21)(H,19,22)(H,24,25). The molecule has 156 valence electrons. The summed E-state index contributed by atoms with van der Waals surface area (Å²) in [4.78, 5) is 47.3. The van der Waals surface area contributed by atoms with E-state index in [9.17, 15) is 24.3 Å². The number of thiol groups is 1. The molecule has 7 N–H and O–H groups in total. The Morgan fingerprint density at radius 3 is 2.11 bits per heavy atom. The first kappa shape index (κ1) is 25.5. The second-order valence-corrected chi connectivity index (χ2v) is 7.28. The van der Waals surface area contributed by atoms with E-state index >= 15 is 0 Å². The van der Waals surface area contributed by atoms with Crippen LogP contribution >= 0.6 is 24.4 Å². The summed E-state index contributed by atoms with van der Waals surface area (Å²) in [6.07, 6.45) is 1.03. The Hall–Kier alpha value is -1.50. The maximum atomic E-state index is 12.3. The molecule has 0 spiro atoms. The molecule has 0 radical (unpaired) electrons. The molecular formula is C15H28N4O6S2. The zero-order valence-corrected chi connectivity index (χ0v) is 17.2. The predicted molar refractivity (Wildman–Crippen MR) is 106 cm³/mol. The Balaban J connectivity index is 4.85. The largest absolute Gasteiger partial charge is 0.480 e. The lowest BCUT2D eigenvalue weighted by atomic mass is 10.1. The van der Waals surface area contributed by atoms with Crippen molar-refractivity contribution in [3.63, 3.8) is 0 Å². The van der Waals surface area contributed by atoms with Gasteiger partial charge in [0.1, 0.15) is 18.1 Å². The van der Waals surface area contributed by atoms with Crippen molar-refractivity contribution in [1.29, 1.82) is 0 Å². The predicted octanol–water partition coefficient (Wildman–Crippen LogP) is -2.06. The summed E-state index contributed by atoms with van der Waals surface area (Å²) in [5.74, 6) is -2.85. The van der Waals surface area contributed by atoms with E-state index in [4.69, 9.17) is 10.8 Å². The molecule has 0 aliphatic rings. The lowest BCUT2D eigenvalue weighted by molar-refractivity contribution is -0.141. The Labute approximate surface area is 167 Å². The topological polar surface area (TPSA) is 171 Å². The van der Waals surface area contributed by atoms with Gasteiger partial charge in [0.05, 0.1) is 12.1 Å². The Bertz CT molecular complexity index is 534. The van der Waals surface area contributed by atoms with Crippen LogP contribution in [0.5, 0.6) is 0 Å². The molecule has 5 atom stereocenters. The number of aliphatic carboxylic acids is 1. The molecule has 0 saturated carbocycles. The van der Waals surface area contributed by atoms with Crippen molar-refractivity contribution in [2.75, 3.05) is 17.8 Å². The number of carboxylic acid groups (broad SMARTS) is 1. The van der Waals surface area contributed by atoms with Crippen molar-refractivity contribution in [3.8, 4) is 0 Å². The van der Waals surface area contributed by atoms with Crippen LogP contribution in [-0.2, 0) is 19.2 Å². The second kappa shape index (κ2) is 12.8. The highest BCUT2D eigenvalue weighted by atomic mass is 32.2. The fourth-order valence-electron chi connectivity index (χ4n) is 1.89. The highest BCUT2D eigenvalue weighted by Gasteiger charge is 2.30. The van der Waals surface area contributed by atoms with E-state index in [0.29, 0.717) is 12.2 Å². The molecule has 0 aromatic rings. The monoisotopic (exact) mass is 424 g/mol. The molecule has 27 heavy (non-hydrogen) atoms. The molecular weight excluding hydrogens is 396 g/mol. The SMILES string of the molecule is CSCCC(N)C(=O)NC(C(=O)NC(C)C(=O)NC(CS)C(=O)O)C(C)O. The second-order valence-electron chi connectivity index (χ2n) is 5.93. The summed E-state index contributed by atoms with van der Waals surface area (Å²) in [5, 5.41) is 25.6. The first-order valence-electron chi connectivity index (χ1n) is 8.22. The average Bonchev–Trinajstić information content (AvgIpc) is 2.60. The quantitative estimate of drug-likeness (QED) is 0.175. The van der Waals surface area contributed by atoms with Gasteiger partial charge < -0.3 is 31.9 Å². The Kier molecular flexibility index (Phi) is 12.1. The fourth-order valence-corrected chi connectivity index (χ4v) is 2.63. The van der Waals surface area contributed by atoms with Gasteiger partial charge in [-0.05, 0) is 32.3 Å². The van der Waals surface area contributed by atoms with Gasteiger partial charge in [-0.1, -0.05) is 0 Å². The van der Waals surface area contributed by atoms with Gasteiger partial charge in [0.2, 0.25) is 17.7 Å². The van der Waals surface area contributed by atoms with Crippen LogP contribution in [0.25, 0.3) is 0 Å². The Morgan fingerprint density at radius 2 is 1.67 bits per heavy atom. The summed E-state index contributed by atoms with van der Waals surface area (Å²) in [7, 11) is 0. The minimum Gasteiger partial charge on any atom is -0.480 e. The summed E-state index contributed by atoms with van der Waals surface area (Å²) in [6.45, 7) is 2.65. The maximum absolute atomic E-state index is 12.3. The molecule has 0 bridgehead atoms. The Morgan fingerprint density at radius 1 is 1.07 bits per heavy atom. The van der Waals surface area contributed by atoms with E-state index in [1.807, 2.05) is 6.26 Å². The van der Waals surface area contributed by atoms with Crippen LogP contribution in [0.1, 0.15) is 20.3 Å². The molecule has 0 rings (SSSR count). The number of carboxylic acids is 1. The maximum Gasteiger partial charge on any atom is 0.327 e. The van der Waals surface area contributed by atoms with Crippen molar-refractivity contribution in [3.05, 3.63) is 0 Å². The molecule has 0 aromatic carbocycles. The van der Waals surface area contributed by atoms with Gasteiger partial charge in [0.15, 0.2) is 0 Å². The normalized spacial score (nSPS) is 16.4. The van der Waals surface area contributed by atoms with Crippen LogP contribution in [-0.4, -0.2) is 81.9 Å². The number of carbonyl (C=O) groups excluding carboxylic acids is 3. The zero-order chi connectivity index (χ0) is 21.1. The van der Waals surface area contributed by atoms with E-state index in [-0.39, 0.29) is 5.75 Å². The number of hydrogen-bond donors (Lipinski definition) is 7. The number of aliphatic hydroxyl groups is 1. The van der Waals surface area contributed by atoms with Crippen LogP contribution in [0, 0.1) is 0 Å². The van der Waals surface area contributed by atoms with Gasteiger partial charge in [0, 0.05) is 5.75 Å². The third-order valence-corrected chi connectivity index (χ3v) is 4.59.